The second kappa shape index (κ2) is 11.4. The molecule has 0 aliphatic heterocycles. The third-order valence-electron chi connectivity index (χ3n) is 12.1. The average molecular weight is 562 g/mol. The fourth-order valence-corrected chi connectivity index (χ4v) is 11.0. The first kappa shape index (κ1) is 30.5. The van der Waals surface area contributed by atoms with E-state index < -0.39 is 16.1 Å². The topological polar surface area (TPSA) is 116 Å². The zero-order valence-corrected chi connectivity index (χ0v) is 25.3. The number of carboxylic acid groups (broad SMARTS) is 1. The molecule has 0 spiro atoms. The van der Waals surface area contributed by atoms with Gasteiger partial charge in [0.1, 0.15) is 0 Å². The predicted molar refractivity (Wildman–Crippen MR) is 154 cm³/mol. The molecule has 7 heteroatoms. The molecule has 4 saturated carbocycles. The number of aliphatic carboxylic acids is 1. The van der Waals surface area contributed by atoms with E-state index in [1.807, 2.05) is 19.1 Å². The van der Waals surface area contributed by atoms with Crippen LogP contribution >= 0.6 is 0 Å². The van der Waals surface area contributed by atoms with Crippen molar-refractivity contribution in [3.8, 4) is 0 Å². The van der Waals surface area contributed by atoms with Crippen LogP contribution in [0, 0.1) is 59.2 Å². The molecule has 0 saturated heterocycles. The van der Waals surface area contributed by atoms with E-state index in [2.05, 4.69) is 20.8 Å². The monoisotopic (exact) mass is 561 g/mol. The van der Waals surface area contributed by atoms with E-state index in [9.17, 15) is 18.3 Å². The molecule has 4 aliphatic rings. The van der Waals surface area contributed by atoms with E-state index in [4.69, 9.17) is 4.18 Å². The standard InChI is InChI=1S/C32H48O5S.H3N/c1-21-5-9-25(10-6-21)38(35,36)37-20-23-15-17-31(3)24(19-23)8-11-26-28-13-12-27(22(2)7-14-30(33)34)32(28,4)18-16-29(26)31;/h5-6,9-10,22-24,26-29H,7-8,11-20H2,1-4H3,(H,33,34);1H3/t22-,23?,24-,26+,27?,28?,29?,31+,32?;/m1./s1. The Morgan fingerprint density at radius 1 is 1.00 bits per heavy atom. The minimum Gasteiger partial charge on any atom is -0.481 e. The summed E-state index contributed by atoms with van der Waals surface area (Å²) in [5, 5.41) is 9.21. The molecule has 5 rings (SSSR count). The molecule has 0 heterocycles. The fourth-order valence-electron chi connectivity index (χ4n) is 9.98. The lowest BCUT2D eigenvalue weighted by atomic mass is 9.44. The molecule has 4 fully saturated rings. The van der Waals surface area contributed by atoms with Crippen LogP contribution in [-0.2, 0) is 19.1 Å². The van der Waals surface area contributed by atoms with Crippen molar-refractivity contribution in [1.29, 1.82) is 0 Å². The van der Waals surface area contributed by atoms with E-state index in [-0.39, 0.29) is 11.0 Å². The second-order valence-electron chi connectivity index (χ2n) is 14.0. The molecule has 0 amide bonds. The van der Waals surface area contributed by atoms with E-state index in [1.54, 1.807) is 12.1 Å². The molecule has 4 N–H and O–H groups in total. The summed E-state index contributed by atoms with van der Waals surface area (Å²) in [7, 11) is -3.71. The van der Waals surface area contributed by atoms with Crippen molar-refractivity contribution in [2.75, 3.05) is 6.61 Å². The summed E-state index contributed by atoms with van der Waals surface area (Å²) < 4.78 is 31.1. The molecule has 0 aromatic heterocycles. The number of rotatable bonds is 8. The Kier molecular flexibility index (Phi) is 8.95. The number of aryl methyl sites for hydroxylation is 1. The Bertz CT molecular complexity index is 1120. The molecule has 39 heavy (non-hydrogen) atoms. The van der Waals surface area contributed by atoms with Gasteiger partial charge in [0.2, 0.25) is 0 Å². The summed E-state index contributed by atoms with van der Waals surface area (Å²) in [5.74, 6) is 3.77. The lowest BCUT2D eigenvalue weighted by Gasteiger charge is -2.61. The van der Waals surface area contributed by atoms with Crippen LogP contribution in [0.1, 0.15) is 97.0 Å². The van der Waals surface area contributed by atoms with Gasteiger partial charge in [0, 0.05) is 6.42 Å². The second-order valence-corrected chi connectivity index (χ2v) is 15.6. The van der Waals surface area contributed by atoms with Crippen molar-refractivity contribution in [1.82, 2.24) is 6.15 Å². The maximum atomic E-state index is 12.8. The van der Waals surface area contributed by atoms with Gasteiger partial charge in [0.05, 0.1) is 11.5 Å². The number of carboxylic acids is 1. The maximum Gasteiger partial charge on any atom is 0.303 e. The molecule has 0 bridgehead atoms. The zero-order chi connectivity index (χ0) is 27.3. The number of hydrogen-bond donors (Lipinski definition) is 2. The number of carbonyl (C=O) groups is 1. The van der Waals surface area contributed by atoms with Gasteiger partial charge >= 0.3 is 5.97 Å². The molecule has 220 valence electrons. The van der Waals surface area contributed by atoms with Crippen molar-refractivity contribution in [2.45, 2.75) is 103 Å². The van der Waals surface area contributed by atoms with Crippen LogP contribution in [0.2, 0.25) is 0 Å². The summed E-state index contributed by atoms with van der Waals surface area (Å²) >= 11 is 0. The summed E-state index contributed by atoms with van der Waals surface area (Å²) in [4.78, 5) is 11.4. The Balaban J connectivity index is 0.00000353. The summed E-state index contributed by atoms with van der Waals surface area (Å²) in [6, 6.07) is 6.92. The van der Waals surface area contributed by atoms with Gasteiger partial charge in [-0.3, -0.25) is 8.98 Å². The molecule has 1 aromatic rings. The largest absolute Gasteiger partial charge is 0.481 e. The Morgan fingerprint density at radius 3 is 2.36 bits per heavy atom. The lowest BCUT2D eigenvalue weighted by molar-refractivity contribution is -0.138. The van der Waals surface area contributed by atoms with Crippen molar-refractivity contribution >= 4 is 16.1 Å². The van der Waals surface area contributed by atoms with Crippen LogP contribution < -0.4 is 6.15 Å². The van der Waals surface area contributed by atoms with Gasteiger partial charge in [0.25, 0.3) is 10.1 Å². The lowest BCUT2D eigenvalue weighted by Crippen LogP contribution is -2.54. The Labute approximate surface area is 236 Å². The van der Waals surface area contributed by atoms with Crippen LogP contribution in [0.5, 0.6) is 0 Å². The zero-order valence-electron chi connectivity index (χ0n) is 24.5. The van der Waals surface area contributed by atoms with Crippen molar-refractivity contribution < 1.29 is 22.5 Å². The van der Waals surface area contributed by atoms with Gasteiger partial charge in [-0.2, -0.15) is 8.42 Å². The molecular weight excluding hydrogens is 510 g/mol. The Hall–Kier alpha value is -1.44. The predicted octanol–water partition coefficient (Wildman–Crippen LogP) is 7.64. The normalized spacial score (nSPS) is 38.6. The third kappa shape index (κ3) is 5.70. The summed E-state index contributed by atoms with van der Waals surface area (Å²) in [6.07, 6.45) is 12.1. The molecule has 9 atom stereocenters. The summed E-state index contributed by atoms with van der Waals surface area (Å²) in [6.45, 7) is 9.65. The fraction of sp³-hybridized carbons (Fsp3) is 0.781. The highest BCUT2D eigenvalue weighted by Crippen LogP contribution is 2.68. The number of benzene rings is 1. The molecule has 0 radical (unpaired) electrons. The first-order valence-electron chi connectivity index (χ1n) is 15.1. The van der Waals surface area contributed by atoms with Gasteiger partial charge in [0.15, 0.2) is 0 Å². The quantitative estimate of drug-likeness (QED) is 0.315. The van der Waals surface area contributed by atoms with Crippen molar-refractivity contribution in [3.05, 3.63) is 29.8 Å². The first-order chi connectivity index (χ1) is 17.9. The van der Waals surface area contributed by atoms with Gasteiger partial charge in [-0.25, -0.2) is 0 Å². The first-order valence-corrected chi connectivity index (χ1v) is 16.5. The molecular formula is C32H51NO5S. The van der Waals surface area contributed by atoms with Crippen molar-refractivity contribution in [3.63, 3.8) is 0 Å². The average Bonchev–Trinajstić information content (AvgIpc) is 3.23. The Morgan fingerprint density at radius 2 is 1.67 bits per heavy atom. The van der Waals surface area contributed by atoms with Crippen molar-refractivity contribution in [2.24, 2.45) is 52.3 Å². The minimum atomic E-state index is -3.71. The van der Waals surface area contributed by atoms with E-state index in [0.717, 1.165) is 42.6 Å². The SMILES string of the molecule is Cc1ccc(S(=O)(=O)OCC2CC[C@]3(C)C4CCC5(C)C(CCC5[C@H](C)CCC(=O)O)[C@@H]4CC[C@@H]3C2)cc1.N. The highest BCUT2D eigenvalue weighted by Gasteiger charge is 2.60. The molecule has 1 aromatic carbocycles. The van der Waals surface area contributed by atoms with Crippen LogP contribution in [0.3, 0.4) is 0 Å². The van der Waals surface area contributed by atoms with Gasteiger partial charge in [-0.1, -0.05) is 38.5 Å². The molecule has 4 aliphatic carbocycles. The third-order valence-corrected chi connectivity index (χ3v) is 13.4. The minimum absolute atomic E-state index is 0. The van der Waals surface area contributed by atoms with E-state index in [0.29, 0.717) is 47.5 Å². The van der Waals surface area contributed by atoms with Gasteiger partial charge in [-0.15, -0.1) is 0 Å². The smallest absolute Gasteiger partial charge is 0.303 e. The number of hydrogen-bond acceptors (Lipinski definition) is 5. The van der Waals surface area contributed by atoms with Crippen LogP contribution in [0.4, 0.5) is 0 Å². The van der Waals surface area contributed by atoms with Gasteiger partial charge in [-0.05, 0) is 136 Å². The van der Waals surface area contributed by atoms with E-state index in [1.165, 1.54) is 44.9 Å². The maximum absolute atomic E-state index is 12.8. The van der Waals surface area contributed by atoms with Crippen LogP contribution in [0.25, 0.3) is 0 Å². The molecule has 5 unspecified atom stereocenters. The van der Waals surface area contributed by atoms with Crippen LogP contribution in [-0.4, -0.2) is 26.1 Å². The highest BCUT2D eigenvalue weighted by molar-refractivity contribution is 7.86. The van der Waals surface area contributed by atoms with E-state index >= 15 is 0 Å². The molecule has 6 nitrogen and oxygen atoms in total. The summed E-state index contributed by atoms with van der Waals surface area (Å²) in [5.41, 5.74) is 1.75. The van der Waals surface area contributed by atoms with Gasteiger partial charge < -0.3 is 11.3 Å². The van der Waals surface area contributed by atoms with Crippen LogP contribution in [0.15, 0.2) is 29.2 Å². The number of fused-ring (bicyclic) bond motifs is 5. The highest BCUT2D eigenvalue weighted by atomic mass is 32.2.